The molecule has 0 aliphatic carbocycles. The molecule has 0 aromatic heterocycles. The van der Waals surface area contributed by atoms with Gasteiger partial charge in [-0.15, -0.1) is 0 Å². The van der Waals surface area contributed by atoms with E-state index in [0.29, 0.717) is 11.1 Å². The summed E-state index contributed by atoms with van der Waals surface area (Å²) in [4.78, 5) is 24.3. The first-order valence-electron chi connectivity index (χ1n) is 9.41. The minimum absolute atomic E-state index is 0.0267. The van der Waals surface area contributed by atoms with Crippen molar-refractivity contribution < 1.29 is 22.7 Å². The summed E-state index contributed by atoms with van der Waals surface area (Å²) in [5.41, 5.74) is 1.48. The van der Waals surface area contributed by atoms with E-state index in [1.807, 2.05) is 0 Å². The van der Waals surface area contributed by atoms with Crippen LogP contribution in [0, 0.1) is 0 Å². The molecule has 0 radical (unpaired) electrons. The minimum atomic E-state index is -4.08. The average molecular weight is 491 g/mol. The molecule has 1 heterocycles. The van der Waals surface area contributed by atoms with Crippen LogP contribution < -0.4 is 10.0 Å². The van der Waals surface area contributed by atoms with Gasteiger partial charge in [0.15, 0.2) is 0 Å². The number of carbonyl (C=O) groups excluding carboxylic acids is 2. The molecule has 0 spiro atoms. The van der Waals surface area contributed by atoms with Crippen LogP contribution in [0.25, 0.3) is 0 Å². The van der Waals surface area contributed by atoms with Gasteiger partial charge in [0.25, 0.3) is 10.0 Å². The number of amides is 1. The molecule has 0 saturated heterocycles. The van der Waals surface area contributed by atoms with Crippen molar-refractivity contribution in [3.8, 4) is 0 Å². The van der Waals surface area contributed by atoms with Crippen molar-refractivity contribution >= 4 is 56.5 Å². The SMILES string of the molecule is O=C(CC1OC(=O)c2ccccc21)Nc1ccc(Cl)c(S(=O)(=O)Nc2ccccc2Cl)c1. The van der Waals surface area contributed by atoms with Crippen LogP contribution >= 0.6 is 23.2 Å². The lowest BCUT2D eigenvalue weighted by Crippen LogP contribution is -2.17. The molecule has 1 atom stereocenters. The van der Waals surface area contributed by atoms with Crippen LogP contribution in [0.4, 0.5) is 11.4 Å². The highest BCUT2D eigenvalue weighted by Crippen LogP contribution is 2.33. The molecule has 32 heavy (non-hydrogen) atoms. The van der Waals surface area contributed by atoms with E-state index in [4.69, 9.17) is 27.9 Å². The fourth-order valence-electron chi connectivity index (χ4n) is 3.28. The largest absolute Gasteiger partial charge is 0.453 e. The molecule has 1 unspecified atom stereocenters. The molecule has 0 saturated carbocycles. The lowest BCUT2D eigenvalue weighted by atomic mass is 10.0. The van der Waals surface area contributed by atoms with Gasteiger partial charge < -0.3 is 10.1 Å². The number of halogens is 2. The van der Waals surface area contributed by atoms with E-state index in [2.05, 4.69) is 10.0 Å². The number of hydrogen-bond donors (Lipinski definition) is 2. The van der Waals surface area contributed by atoms with E-state index >= 15 is 0 Å². The van der Waals surface area contributed by atoms with Crippen LogP contribution in [0.15, 0.2) is 71.6 Å². The number of sulfonamides is 1. The lowest BCUT2D eigenvalue weighted by molar-refractivity contribution is -0.118. The summed E-state index contributed by atoms with van der Waals surface area (Å²) < 4.78 is 33.3. The summed E-state index contributed by atoms with van der Waals surface area (Å²) in [6, 6.07) is 17.3. The van der Waals surface area contributed by atoms with Crippen molar-refractivity contribution in [1.82, 2.24) is 0 Å². The molecule has 0 fully saturated rings. The molecule has 2 N–H and O–H groups in total. The number of carbonyl (C=O) groups is 2. The highest BCUT2D eigenvalue weighted by Gasteiger charge is 2.32. The maximum atomic E-state index is 12.8. The third-order valence-corrected chi connectivity index (χ3v) is 6.95. The van der Waals surface area contributed by atoms with Gasteiger partial charge >= 0.3 is 5.97 Å². The molecule has 3 aromatic carbocycles. The van der Waals surface area contributed by atoms with Crippen LogP contribution in [0.5, 0.6) is 0 Å². The Hall–Kier alpha value is -3.07. The average Bonchev–Trinajstić information content (AvgIpc) is 3.06. The molecular weight excluding hydrogens is 475 g/mol. The van der Waals surface area contributed by atoms with E-state index in [9.17, 15) is 18.0 Å². The molecule has 4 rings (SSSR count). The third kappa shape index (κ3) is 4.57. The number of rotatable bonds is 6. The van der Waals surface area contributed by atoms with Crippen LogP contribution in [-0.4, -0.2) is 20.3 Å². The van der Waals surface area contributed by atoms with Crippen LogP contribution in [-0.2, 0) is 19.6 Å². The van der Waals surface area contributed by atoms with Gasteiger partial charge in [0, 0.05) is 11.3 Å². The van der Waals surface area contributed by atoms with Crippen molar-refractivity contribution in [3.05, 3.63) is 87.9 Å². The molecule has 1 aliphatic heterocycles. The van der Waals surface area contributed by atoms with Crippen molar-refractivity contribution in [2.45, 2.75) is 17.4 Å². The molecule has 3 aromatic rings. The van der Waals surface area contributed by atoms with E-state index < -0.39 is 28.0 Å². The van der Waals surface area contributed by atoms with E-state index in [-0.39, 0.29) is 32.7 Å². The predicted molar refractivity (Wildman–Crippen MR) is 122 cm³/mol. The highest BCUT2D eigenvalue weighted by atomic mass is 35.5. The fraction of sp³-hybridized carbons (Fsp3) is 0.0909. The Kier molecular flexibility index (Phi) is 6.10. The van der Waals surface area contributed by atoms with Crippen molar-refractivity contribution in [2.24, 2.45) is 0 Å². The summed E-state index contributed by atoms with van der Waals surface area (Å²) >= 11 is 12.1. The Morgan fingerprint density at radius 1 is 0.969 bits per heavy atom. The Morgan fingerprint density at radius 3 is 2.47 bits per heavy atom. The maximum absolute atomic E-state index is 12.8. The van der Waals surface area contributed by atoms with Crippen molar-refractivity contribution in [1.29, 1.82) is 0 Å². The van der Waals surface area contributed by atoms with E-state index in [1.54, 1.807) is 42.5 Å². The number of hydrogen-bond acceptors (Lipinski definition) is 5. The zero-order valence-corrected chi connectivity index (χ0v) is 18.7. The Labute approximate surface area is 194 Å². The van der Waals surface area contributed by atoms with Crippen LogP contribution in [0.3, 0.4) is 0 Å². The topological polar surface area (TPSA) is 102 Å². The number of fused-ring (bicyclic) bond motifs is 1. The molecule has 164 valence electrons. The highest BCUT2D eigenvalue weighted by molar-refractivity contribution is 7.92. The number of esters is 1. The third-order valence-electron chi connectivity index (χ3n) is 4.77. The Morgan fingerprint density at radius 2 is 1.69 bits per heavy atom. The van der Waals surface area contributed by atoms with Crippen molar-refractivity contribution in [3.63, 3.8) is 0 Å². The lowest BCUT2D eigenvalue weighted by Gasteiger charge is -2.14. The molecular formula is C22H16Cl2N2O5S. The number of anilines is 2. The fourth-order valence-corrected chi connectivity index (χ4v) is 5.13. The number of cyclic esters (lactones) is 1. The zero-order valence-electron chi connectivity index (χ0n) is 16.3. The van der Waals surface area contributed by atoms with Gasteiger partial charge in [-0.1, -0.05) is 53.5 Å². The second-order valence-corrected chi connectivity index (χ2v) is 9.43. The molecule has 1 aliphatic rings. The maximum Gasteiger partial charge on any atom is 0.339 e. The molecule has 1 amide bonds. The first kappa shape index (κ1) is 22.1. The quantitative estimate of drug-likeness (QED) is 0.471. The summed E-state index contributed by atoms with van der Waals surface area (Å²) in [7, 11) is -4.08. The second-order valence-electron chi connectivity index (χ2n) is 6.96. The summed E-state index contributed by atoms with van der Waals surface area (Å²) in [5.74, 6) is -0.937. The minimum Gasteiger partial charge on any atom is -0.453 e. The first-order valence-corrected chi connectivity index (χ1v) is 11.6. The van der Waals surface area contributed by atoms with Gasteiger partial charge in [0.05, 0.1) is 27.7 Å². The number of para-hydroxylation sites is 1. The normalized spacial score (nSPS) is 15.1. The summed E-state index contributed by atoms with van der Waals surface area (Å²) in [6.07, 6.45) is -0.832. The molecule has 10 heteroatoms. The van der Waals surface area contributed by atoms with Crippen molar-refractivity contribution in [2.75, 3.05) is 10.0 Å². The molecule has 7 nitrogen and oxygen atoms in total. The van der Waals surface area contributed by atoms with Gasteiger partial charge in [-0.3, -0.25) is 9.52 Å². The Balaban J connectivity index is 1.51. The number of benzene rings is 3. The van der Waals surface area contributed by atoms with Crippen LogP contribution in [0.2, 0.25) is 10.0 Å². The van der Waals surface area contributed by atoms with Gasteiger partial charge in [0.2, 0.25) is 5.91 Å². The number of nitrogens with one attached hydrogen (secondary N) is 2. The predicted octanol–water partition coefficient (Wildman–Crippen LogP) is 5.03. The summed E-state index contributed by atoms with van der Waals surface area (Å²) in [6.45, 7) is 0. The zero-order chi connectivity index (χ0) is 22.9. The second kappa shape index (κ2) is 8.82. The van der Waals surface area contributed by atoms with E-state index in [1.165, 1.54) is 24.3 Å². The number of ether oxygens (including phenoxy) is 1. The van der Waals surface area contributed by atoms with Crippen LogP contribution in [0.1, 0.15) is 28.4 Å². The van der Waals surface area contributed by atoms with Gasteiger partial charge in [-0.05, 0) is 36.4 Å². The summed E-state index contributed by atoms with van der Waals surface area (Å²) in [5, 5.41) is 2.82. The van der Waals surface area contributed by atoms with Gasteiger partial charge in [-0.2, -0.15) is 0 Å². The first-order chi connectivity index (χ1) is 15.2. The smallest absolute Gasteiger partial charge is 0.339 e. The van der Waals surface area contributed by atoms with E-state index in [0.717, 1.165) is 0 Å². The standard InChI is InChI=1S/C22H16Cl2N2O5S/c23-16-7-3-4-8-18(16)26-32(29,30)20-11-13(9-10-17(20)24)25-21(27)12-19-14-5-1-2-6-15(14)22(28)31-19/h1-11,19,26H,12H2,(H,25,27). The van der Waals surface area contributed by atoms with Gasteiger partial charge in [-0.25, -0.2) is 13.2 Å². The molecule has 0 bridgehead atoms. The monoisotopic (exact) mass is 490 g/mol. The Bertz CT molecular complexity index is 1330. The van der Waals surface area contributed by atoms with Gasteiger partial charge in [0.1, 0.15) is 11.0 Å².